The molecule has 1 aromatic heterocycles. The number of hydrogen-bond acceptors (Lipinski definition) is 5. The highest BCUT2D eigenvalue weighted by Gasteiger charge is 2.27. The van der Waals surface area contributed by atoms with Crippen molar-refractivity contribution >= 4 is 5.69 Å². The summed E-state index contributed by atoms with van der Waals surface area (Å²) in [7, 11) is 3.52. The van der Waals surface area contributed by atoms with Gasteiger partial charge in [-0.15, -0.1) is 0 Å². The van der Waals surface area contributed by atoms with Crippen molar-refractivity contribution in [3.05, 3.63) is 76.6 Å². The number of anilines is 1. The number of hydrogen-bond donors (Lipinski definition) is 1. The summed E-state index contributed by atoms with van der Waals surface area (Å²) in [6.45, 7) is 8.08. The van der Waals surface area contributed by atoms with Gasteiger partial charge in [0.2, 0.25) is 0 Å². The van der Waals surface area contributed by atoms with Crippen LogP contribution in [-0.2, 0) is 13.6 Å². The minimum Gasteiger partial charge on any atom is -0.496 e. The number of nitrogens with zero attached hydrogens (tertiary/aromatic N) is 4. The molecule has 32 heavy (non-hydrogen) atoms. The van der Waals surface area contributed by atoms with Crippen LogP contribution < -0.4 is 9.64 Å². The molecule has 0 amide bonds. The average Bonchev–Trinajstić information content (AvgIpc) is 3.23. The van der Waals surface area contributed by atoms with Crippen LogP contribution in [0.25, 0.3) is 0 Å². The van der Waals surface area contributed by atoms with Gasteiger partial charge in [0, 0.05) is 57.7 Å². The van der Waals surface area contributed by atoms with Crippen LogP contribution in [0.1, 0.15) is 34.2 Å². The Morgan fingerprint density at radius 1 is 1.09 bits per heavy atom. The highest BCUT2D eigenvalue weighted by atomic mass is 19.1. The Balaban J connectivity index is 1.49. The molecule has 1 saturated heterocycles. The van der Waals surface area contributed by atoms with Crippen molar-refractivity contribution in [1.29, 1.82) is 0 Å². The number of halogens is 1. The van der Waals surface area contributed by atoms with E-state index >= 15 is 0 Å². The van der Waals surface area contributed by atoms with E-state index in [0.717, 1.165) is 25.4 Å². The van der Waals surface area contributed by atoms with E-state index in [4.69, 9.17) is 4.74 Å². The van der Waals surface area contributed by atoms with Gasteiger partial charge in [-0.25, -0.2) is 9.37 Å². The lowest BCUT2D eigenvalue weighted by Crippen LogP contribution is -2.46. The topological polar surface area (TPSA) is 53.8 Å². The first kappa shape index (κ1) is 22.3. The van der Waals surface area contributed by atoms with E-state index in [1.165, 1.54) is 22.8 Å². The summed E-state index contributed by atoms with van der Waals surface area (Å²) in [5.41, 5.74) is 4.73. The molecule has 1 N–H and O–H groups in total. The Morgan fingerprint density at radius 2 is 1.84 bits per heavy atom. The maximum absolute atomic E-state index is 14.9. The third-order valence-corrected chi connectivity index (χ3v) is 6.57. The summed E-state index contributed by atoms with van der Waals surface area (Å²) in [6, 6.07) is 9.04. The number of aliphatic hydroxyl groups is 1. The van der Waals surface area contributed by atoms with Crippen LogP contribution in [-0.4, -0.2) is 52.8 Å². The summed E-state index contributed by atoms with van der Waals surface area (Å²) in [5, 5.41) is 10.9. The third-order valence-electron chi connectivity index (χ3n) is 6.57. The minimum atomic E-state index is -0.983. The Kier molecular flexibility index (Phi) is 6.48. The normalized spacial score (nSPS) is 15.8. The molecule has 0 radical (unpaired) electrons. The fourth-order valence-corrected chi connectivity index (χ4v) is 4.48. The van der Waals surface area contributed by atoms with E-state index in [1.807, 2.05) is 18.0 Å². The van der Waals surface area contributed by atoms with Crippen molar-refractivity contribution in [1.82, 2.24) is 14.5 Å². The number of methoxy groups -OCH3 is 1. The molecule has 1 unspecified atom stereocenters. The summed E-state index contributed by atoms with van der Waals surface area (Å²) < 4.78 is 22.1. The fraction of sp³-hybridized carbons (Fsp3) is 0.400. The number of ether oxygens (including phenoxy) is 1. The van der Waals surface area contributed by atoms with Gasteiger partial charge in [0.05, 0.1) is 12.8 Å². The van der Waals surface area contributed by atoms with E-state index in [9.17, 15) is 9.50 Å². The van der Waals surface area contributed by atoms with E-state index in [1.54, 1.807) is 36.2 Å². The van der Waals surface area contributed by atoms with Crippen LogP contribution in [0, 0.1) is 19.7 Å². The first-order chi connectivity index (χ1) is 15.4. The molecular weight excluding hydrogens is 407 g/mol. The zero-order valence-corrected chi connectivity index (χ0v) is 19.2. The molecule has 0 bridgehead atoms. The smallest absolute Gasteiger partial charge is 0.146 e. The first-order valence-electron chi connectivity index (χ1n) is 10.9. The second kappa shape index (κ2) is 9.30. The molecule has 2 heterocycles. The number of aliphatic hydroxyl groups excluding tert-OH is 1. The quantitative estimate of drug-likeness (QED) is 0.638. The van der Waals surface area contributed by atoms with Crippen LogP contribution in [0.3, 0.4) is 0 Å². The third kappa shape index (κ3) is 4.23. The minimum absolute atomic E-state index is 0.314. The van der Waals surface area contributed by atoms with Crippen molar-refractivity contribution in [3.63, 3.8) is 0 Å². The van der Waals surface area contributed by atoms with Crippen LogP contribution in [0.15, 0.2) is 42.7 Å². The average molecular weight is 439 g/mol. The Labute approximate surface area is 188 Å². The number of aryl methyl sites for hydroxylation is 1. The van der Waals surface area contributed by atoms with Gasteiger partial charge in [0.15, 0.2) is 0 Å². The second-order valence-electron chi connectivity index (χ2n) is 8.42. The molecule has 1 atom stereocenters. The molecule has 0 aliphatic carbocycles. The van der Waals surface area contributed by atoms with Crippen molar-refractivity contribution in [2.45, 2.75) is 26.5 Å². The van der Waals surface area contributed by atoms with E-state index in [2.05, 4.69) is 29.8 Å². The predicted molar refractivity (Wildman–Crippen MR) is 124 cm³/mol. The van der Waals surface area contributed by atoms with Gasteiger partial charge in [-0.2, -0.15) is 0 Å². The van der Waals surface area contributed by atoms with Crippen molar-refractivity contribution in [2.75, 3.05) is 38.2 Å². The zero-order valence-electron chi connectivity index (χ0n) is 19.2. The van der Waals surface area contributed by atoms with Crippen molar-refractivity contribution in [3.8, 4) is 5.75 Å². The number of benzene rings is 2. The molecule has 1 aliphatic heterocycles. The highest BCUT2D eigenvalue weighted by molar-refractivity contribution is 5.57. The summed E-state index contributed by atoms with van der Waals surface area (Å²) in [5.74, 6) is 1.10. The molecule has 7 heteroatoms. The Hall–Kier alpha value is -2.90. The lowest BCUT2D eigenvalue weighted by molar-refractivity contribution is 0.205. The molecule has 3 aromatic rings. The Bertz CT molecular complexity index is 1090. The van der Waals surface area contributed by atoms with Gasteiger partial charge in [-0.05, 0) is 42.7 Å². The molecule has 1 fully saturated rings. The van der Waals surface area contributed by atoms with Crippen LogP contribution >= 0.6 is 0 Å². The van der Waals surface area contributed by atoms with Gasteiger partial charge >= 0.3 is 0 Å². The fourth-order valence-electron chi connectivity index (χ4n) is 4.48. The molecule has 0 spiro atoms. The Morgan fingerprint density at radius 3 is 2.50 bits per heavy atom. The van der Waals surface area contributed by atoms with Crippen molar-refractivity contribution in [2.24, 2.45) is 7.05 Å². The standard InChI is InChI=1S/C25H31FN4O2/c1-17-18(2)22(32-4)9-8-19(17)16-29-12-14-30(15-13-29)23-20(6-5-7-21(23)26)24(31)25-27-10-11-28(25)3/h5-11,24,31H,12-16H2,1-4H3. The van der Waals surface area contributed by atoms with E-state index in [0.29, 0.717) is 30.2 Å². The number of aromatic nitrogens is 2. The monoisotopic (exact) mass is 438 g/mol. The molecular formula is C25H31FN4O2. The summed E-state index contributed by atoms with van der Waals surface area (Å²) >= 11 is 0. The van der Waals surface area contributed by atoms with Gasteiger partial charge < -0.3 is 19.3 Å². The largest absolute Gasteiger partial charge is 0.496 e. The van der Waals surface area contributed by atoms with Gasteiger partial charge in [0.25, 0.3) is 0 Å². The van der Waals surface area contributed by atoms with Gasteiger partial charge in [-0.1, -0.05) is 18.2 Å². The van der Waals surface area contributed by atoms with Crippen molar-refractivity contribution < 1.29 is 14.2 Å². The van der Waals surface area contributed by atoms with E-state index in [-0.39, 0.29) is 5.82 Å². The van der Waals surface area contributed by atoms with E-state index < -0.39 is 6.10 Å². The lowest BCUT2D eigenvalue weighted by atomic mass is 10.0. The molecule has 6 nitrogen and oxygen atoms in total. The van der Waals surface area contributed by atoms with Gasteiger partial charge in [-0.3, -0.25) is 4.90 Å². The molecule has 170 valence electrons. The second-order valence-corrected chi connectivity index (χ2v) is 8.42. The SMILES string of the molecule is COc1ccc(CN2CCN(c3c(F)cccc3C(O)c3nccn3C)CC2)c(C)c1C. The summed E-state index contributed by atoms with van der Waals surface area (Å²) in [6.07, 6.45) is 2.43. The number of piperazine rings is 1. The number of rotatable bonds is 6. The molecule has 0 saturated carbocycles. The van der Waals surface area contributed by atoms with Crippen LogP contribution in [0.5, 0.6) is 5.75 Å². The summed E-state index contributed by atoms with van der Waals surface area (Å²) in [4.78, 5) is 8.68. The zero-order chi connectivity index (χ0) is 22.8. The number of imidazole rings is 1. The lowest BCUT2D eigenvalue weighted by Gasteiger charge is -2.37. The number of para-hydroxylation sites is 1. The van der Waals surface area contributed by atoms with Gasteiger partial charge in [0.1, 0.15) is 23.5 Å². The maximum atomic E-state index is 14.9. The molecule has 2 aromatic carbocycles. The first-order valence-corrected chi connectivity index (χ1v) is 10.9. The predicted octanol–water partition coefficient (Wildman–Crippen LogP) is 3.59. The molecule has 4 rings (SSSR count). The molecule has 1 aliphatic rings. The maximum Gasteiger partial charge on any atom is 0.146 e. The highest BCUT2D eigenvalue weighted by Crippen LogP contribution is 2.33. The van der Waals surface area contributed by atoms with Crippen LogP contribution in [0.4, 0.5) is 10.1 Å². The van der Waals surface area contributed by atoms with Crippen LogP contribution in [0.2, 0.25) is 0 Å².